The summed E-state index contributed by atoms with van der Waals surface area (Å²) in [6, 6.07) is 10.6. The molecule has 0 aromatic heterocycles. The molecule has 0 spiro atoms. The molecule has 1 aliphatic carbocycles. The SMILES string of the molecule is C=C1N=C(Nc2cc(OC3CC3)ccc2C)N(Cc2ccc(F)c(Cl)c2)C=C1OC. The van der Waals surface area contributed by atoms with E-state index in [1.807, 2.05) is 36.2 Å². The molecule has 1 heterocycles. The highest BCUT2D eigenvalue weighted by Crippen LogP contribution is 2.30. The quantitative estimate of drug-likeness (QED) is 0.650. The van der Waals surface area contributed by atoms with Gasteiger partial charge in [0.25, 0.3) is 0 Å². The van der Waals surface area contributed by atoms with Gasteiger partial charge < -0.3 is 19.7 Å². The zero-order valence-electron chi connectivity index (χ0n) is 16.9. The topological polar surface area (TPSA) is 46.1 Å². The van der Waals surface area contributed by atoms with Gasteiger partial charge in [0, 0.05) is 11.8 Å². The van der Waals surface area contributed by atoms with Crippen LogP contribution in [-0.4, -0.2) is 24.1 Å². The molecule has 156 valence electrons. The Balaban J connectivity index is 1.60. The van der Waals surface area contributed by atoms with E-state index in [1.165, 1.54) is 6.07 Å². The van der Waals surface area contributed by atoms with Crippen LogP contribution in [0.25, 0.3) is 0 Å². The molecule has 4 rings (SSSR count). The van der Waals surface area contributed by atoms with E-state index in [4.69, 9.17) is 21.1 Å². The summed E-state index contributed by atoms with van der Waals surface area (Å²) in [6.45, 7) is 6.41. The second-order valence-corrected chi connectivity index (χ2v) is 7.78. The summed E-state index contributed by atoms with van der Waals surface area (Å²) < 4.78 is 24.9. The second kappa shape index (κ2) is 8.40. The van der Waals surface area contributed by atoms with E-state index in [1.54, 1.807) is 19.2 Å². The van der Waals surface area contributed by atoms with E-state index >= 15 is 0 Å². The van der Waals surface area contributed by atoms with Crippen LogP contribution in [0.4, 0.5) is 10.1 Å². The Hall–Kier alpha value is -2.99. The number of methoxy groups -OCH3 is 1. The number of hydrogen-bond acceptors (Lipinski definition) is 5. The van der Waals surface area contributed by atoms with Gasteiger partial charge in [-0.2, -0.15) is 0 Å². The minimum atomic E-state index is -0.448. The lowest BCUT2D eigenvalue weighted by atomic mass is 10.2. The molecule has 7 heteroatoms. The van der Waals surface area contributed by atoms with Crippen LogP contribution in [-0.2, 0) is 11.3 Å². The molecule has 0 amide bonds. The molecule has 5 nitrogen and oxygen atoms in total. The van der Waals surface area contributed by atoms with Crippen molar-refractivity contribution in [3.63, 3.8) is 0 Å². The molecule has 1 aliphatic heterocycles. The van der Waals surface area contributed by atoms with Crippen molar-refractivity contribution in [1.29, 1.82) is 0 Å². The number of nitrogens with zero attached hydrogens (tertiary/aromatic N) is 2. The van der Waals surface area contributed by atoms with E-state index in [0.29, 0.717) is 30.1 Å². The van der Waals surface area contributed by atoms with Gasteiger partial charge in [0.05, 0.1) is 31.0 Å². The molecule has 2 aromatic carbocycles. The third kappa shape index (κ3) is 4.60. The summed E-state index contributed by atoms with van der Waals surface area (Å²) in [5.41, 5.74) is 3.28. The molecule has 0 atom stereocenters. The largest absolute Gasteiger partial charge is 0.493 e. The Morgan fingerprint density at radius 1 is 1.27 bits per heavy atom. The number of nitrogens with one attached hydrogen (secondary N) is 1. The molecule has 1 fully saturated rings. The highest BCUT2D eigenvalue weighted by Gasteiger charge is 2.24. The van der Waals surface area contributed by atoms with Gasteiger partial charge in [-0.15, -0.1) is 0 Å². The van der Waals surface area contributed by atoms with Gasteiger partial charge in [-0.1, -0.05) is 30.3 Å². The zero-order chi connectivity index (χ0) is 21.3. The Kier molecular flexibility index (Phi) is 5.68. The summed E-state index contributed by atoms with van der Waals surface area (Å²) in [7, 11) is 1.57. The van der Waals surface area contributed by atoms with Crippen LogP contribution in [0.2, 0.25) is 5.02 Å². The maximum Gasteiger partial charge on any atom is 0.208 e. The predicted molar refractivity (Wildman–Crippen MR) is 117 cm³/mol. The first-order chi connectivity index (χ1) is 14.4. The number of anilines is 1. The lowest BCUT2D eigenvalue weighted by molar-refractivity contribution is 0.287. The minimum absolute atomic E-state index is 0.0806. The maximum absolute atomic E-state index is 13.5. The molecule has 0 radical (unpaired) electrons. The van der Waals surface area contributed by atoms with Crippen molar-refractivity contribution in [2.24, 2.45) is 4.99 Å². The number of ether oxygens (including phenoxy) is 2. The fourth-order valence-electron chi connectivity index (χ4n) is 3.06. The summed E-state index contributed by atoms with van der Waals surface area (Å²) >= 11 is 5.95. The lowest BCUT2D eigenvalue weighted by Crippen LogP contribution is -2.35. The van der Waals surface area contributed by atoms with Crippen molar-refractivity contribution >= 4 is 23.2 Å². The molecule has 30 heavy (non-hydrogen) atoms. The molecule has 0 unspecified atom stereocenters. The van der Waals surface area contributed by atoms with E-state index < -0.39 is 5.82 Å². The summed E-state index contributed by atoms with van der Waals surface area (Å²) in [5, 5.41) is 3.46. The van der Waals surface area contributed by atoms with Gasteiger partial charge in [0.15, 0.2) is 5.76 Å². The van der Waals surface area contributed by atoms with Crippen LogP contribution >= 0.6 is 11.6 Å². The van der Waals surface area contributed by atoms with Crippen LogP contribution in [0.3, 0.4) is 0 Å². The molecule has 0 saturated heterocycles. The third-order valence-corrected chi connectivity index (χ3v) is 5.20. The second-order valence-electron chi connectivity index (χ2n) is 7.37. The van der Waals surface area contributed by atoms with Crippen LogP contribution in [0.15, 0.2) is 65.6 Å². The van der Waals surface area contributed by atoms with Gasteiger partial charge in [0.1, 0.15) is 17.3 Å². The normalized spacial score (nSPS) is 16.1. The molecular formula is C23H23ClFN3O2. The van der Waals surface area contributed by atoms with Gasteiger partial charge in [-0.3, -0.25) is 0 Å². The maximum atomic E-state index is 13.5. The standard InChI is InChI=1S/C23H23ClFN3O2/c1-14-4-6-18(30-17-7-8-17)11-21(14)27-23-26-15(2)22(29-3)13-28(23)12-16-5-9-20(25)19(24)10-16/h4-6,9-11,13,17H,2,7-8,12H2,1,3H3,(H,26,27). The first-order valence-electron chi connectivity index (χ1n) is 9.71. The third-order valence-electron chi connectivity index (χ3n) is 4.91. The fraction of sp³-hybridized carbons (Fsp3) is 0.261. The summed E-state index contributed by atoms with van der Waals surface area (Å²) in [4.78, 5) is 6.47. The van der Waals surface area contributed by atoms with Gasteiger partial charge in [0.2, 0.25) is 5.96 Å². The van der Waals surface area contributed by atoms with E-state index in [2.05, 4.69) is 16.9 Å². The van der Waals surface area contributed by atoms with Gasteiger partial charge in [-0.05, 0) is 49.1 Å². The molecule has 1 saturated carbocycles. The van der Waals surface area contributed by atoms with Gasteiger partial charge in [-0.25, -0.2) is 9.38 Å². The van der Waals surface area contributed by atoms with Crippen molar-refractivity contribution in [2.75, 3.05) is 12.4 Å². The average Bonchev–Trinajstić information content (AvgIpc) is 3.53. The Morgan fingerprint density at radius 3 is 2.77 bits per heavy atom. The number of benzene rings is 2. The van der Waals surface area contributed by atoms with Crippen molar-refractivity contribution < 1.29 is 13.9 Å². The average molecular weight is 428 g/mol. The van der Waals surface area contributed by atoms with Crippen LogP contribution in [0.5, 0.6) is 5.75 Å². The molecule has 2 aliphatic rings. The first kappa shape index (κ1) is 20.3. The fourth-order valence-corrected chi connectivity index (χ4v) is 3.26. The highest BCUT2D eigenvalue weighted by molar-refractivity contribution is 6.30. The van der Waals surface area contributed by atoms with Crippen molar-refractivity contribution in [3.05, 3.63) is 82.6 Å². The summed E-state index contributed by atoms with van der Waals surface area (Å²) in [5.74, 6) is 1.51. The number of hydrogen-bond donors (Lipinski definition) is 1. The first-order valence-corrected chi connectivity index (χ1v) is 10.1. The number of guanidine groups is 1. The Labute approximate surface area is 180 Å². The van der Waals surface area contributed by atoms with E-state index in [9.17, 15) is 4.39 Å². The predicted octanol–water partition coefficient (Wildman–Crippen LogP) is 5.61. The Morgan fingerprint density at radius 2 is 2.07 bits per heavy atom. The van der Waals surface area contributed by atoms with Crippen molar-refractivity contribution in [2.45, 2.75) is 32.4 Å². The van der Waals surface area contributed by atoms with Crippen LogP contribution in [0.1, 0.15) is 24.0 Å². The van der Waals surface area contributed by atoms with Crippen LogP contribution < -0.4 is 10.1 Å². The van der Waals surface area contributed by atoms with Crippen LogP contribution in [0, 0.1) is 12.7 Å². The zero-order valence-corrected chi connectivity index (χ0v) is 17.7. The number of aryl methyl sites for hydroxylation is 1. The lowest BCUT2D eigenvalue weighted by Gasteiger charge is -2.28. The van der Waals surface area contributed by atoms with Gasteiger partial charge >= 0.3 is 0 Å². The number of aliphatic imine (C=N–C) groups is 1. The molecule has 1 N–H and O–H groups in total. The summed E-state index contributed by atoms with van der Waals surface area (Å²) in [6.07, 6.45) is 4.33. The smallest absolute Gasteiger partial charge is 0.208 e. The molecule has 2 aromatic rings. The monoisotopic (exact) mass is 427 g/mol. The molecule has 0 bridgehead atoms. The van der Waals surface area contributed by atoms with E-state index in [0.717, 1.165) is 35.4 Å². The Bertz CT molecular complexity index is 1050. The van der Waals surface area contributed by atoms with Crippen molar-refractivity contribution in [1.82, 2.24) is 4.90 Å². The number of rotatable bonds is 6. The number of halogens is 2. The minimum Gasteiger partial charge on any atom is -0.493 e. The highest BCUT2D eigenvalue weighted by atomic mass is 35.5. The van der Waals surface area contributed by atoms with Crippen molar-refractivity contribution in [3.8, 4) is 5.75 Å². The van der Waals surface area contributed by atoms with E-state index in [-0.39, 0.29) is 5.02 Å². The molecular weight excluding hydrogens is 405 g/mol.